The number of rotatable bonds is 22. The number of carbonyl (C=O) groups is 2. The Balaban J connectivity index is 1.80. The molecule has 0 bridgehead atoms. The van der Waals surface area contributed by atoms with Gasteiger partial charge >= 0.3 is 0 Å². The number of pyridine rings is 1. The quantitative estimate of drug-likeness (QED) is 0.107. The lowest BCUT2D eigenvalue weighted by Gasteiger charge is -2.20. The predicted octanol–water partition coefficient (Wildman–Crippen LogP) is 8.09. The van der Waals surface area contributed by atoms with Crippen molar-refractivity contribution in [1.29, 1.82) is 0 Å². The molecule has 6 nitrogen and oxygen atoms in total. The van der Waals surface area contributed by atoms with Gasteiger partial charge in [0.2, 0.25) is 5.91 Å². The molecule has 6 heteroatoms. The van der Waals surface area contributed by atoms with E-state index >= 15 is 0 Å². The Morgan fingerprint density at radius 3 is 2.05 bits per heavy atom. The molecular formula is C35H55N2O4+. The summed E-state index contributed by atoms with van der Waals surface area (Å²) in [6.07, 6.45) is 20.2. The minimum Gasteiger partial charge on any atom is -0.493 e. The van der Waals surface area contributed by atoms with E-state index in [1.165, 1.54) is 81.7 Å². The van der Waals surface area contributed by atoms with Crippen LogP contribution in [0.2, 0.25) is 0 Å². The van der Waals surface area contributed by atoms with Gasteiger partial charge in [-0.25, -0.2) is 4.57 Å². The summed E-state index contributed by atoms with van der Waals surface area (Å²) in [5.74, 6) is 0.596. The third kappa shape index (κ3) is 13.1. The van der Waals surface area contributed by atoms with Crippen LogP contribution in [0.3, 0.4) is 0 Å². The molecule has 2 aromatic rings. The van der Waals surface area contributed by atoms with Gasteiger partial charge in [0.1, 0.15) is 6.54 Å². The highest BCUT2D eigenvalue weighted by Crippen LogP contribution is 2.29. The molecule has 2 amide bonds. The number of hydrogen-bond donors (Lipinski definition) is 0. The van der Waals surface area contributed by atoms with Crippen LogP contribution < -0.4 is 14.0 Å². The SMILES string of the molecule is CCCCCCCCCCCCCCOc1cc(C(=O)N(CCCc2cccc[n+]2CCC)C(C)=O)ccc1OC. The molecular weight excluding hydrogens is 512 g/mol. The van der Waals surface area contributed by atoms with Crippen molar-refractivity contribution in [2.45, 2.75) is 124 Å². The van der Waals surface area contributed by atoms with Gasteiger partial charge in [-0.1, -0.05) is 90.5 Å². The van der Waals surface area contributed by atoms with E-state index in [1.54, 1.807) is 25.3 Å². The zero-order chi connectivity index (χ0) is 29.7. The number of methoxy groups -OCH3 is 1. The highest BCUT2D eigenvalue weighted by molar-refractivity contribution is 6.04. The maximum Gasteiger partial charge on any atom is 0.260 e. The molecule has 0 fully saturated rings. The van der Waals surface area contributed by atoms with Crippen LogP contribution in [0.5, 0.6) is 11.5 Å². The Morgan fingerprint density at radius 2 is 1.44 bits per heavy atom. The minimum absolute atomic E-state index is 0.251. The maximum absolute atomic E-state index is 13.3. The van der Waals surface area contributed by atoms with Gasteiger partial charge in [0.15, 0.2) is 23.4 Å². The third-order valence-corrected chi connectivity index (χ3v) is 7.61. The van der Waals surface area contributed by atoms with Gasteiger partial charge < -0.3 is 9.47 Å². The Kier molecular flexibility index (Phi) is 17.5. The summed E-state index contributed by atoms with van der Waals surface area (Å²) in [5, 5.41) is 0. The zero-order valence-electron chi connectivity index (χ0n) is 26.3. The van der Waals surface area contributed by atoms with E-state index in [-0.39, 0.29) is 11.8 Å². The first kappa shape index (κ1) is 34.3. The Bertz CT molecular complexity index is 1020. The van der Waals surface area contributed by atoms with Gasteiger partial charge in [-0.3, -0.25) is 14.5 Å². The van der Waals surface area contributed by atoms with Crippen LogP contribution in [0.4, 0.5) is 0 Å². The second kappa shape index (κ2) is 20.9. The van der Waals surface area contributed by atoms with E-state index in [4.69, 9.17) is 9.47 Å². The van der Waals surface area contributed by atoms with E-state index in [0.717, 1.165) is 32.2 Å². The lowest BCUT2D eigenvalue weighted by Crippen LogP contribution is -2.39. The molecule has 41 heavy (non-hydrogen) atoms. The van der Waals surface area contributed by atoms with E-state index in [2.05, 4.69) is 30.7 Å². The van der Waals surface area contributed by atoms with E-state index < -0.39 is 0 Å². The molecule has 0 saturated heterocycles. The fraction of sp³-hybridized carbons (Fsp3) is 0.629. The van der Waals surface area contributed by atoms with Gasteiger partial charge in [0, 0.05) is 44.0 Å². The first-order valence-electron chi connectivity index (χ1n) is 16.1. The van der Waals surface area contributed by atoms with Crippen LogP contribution >= 0.6 is 0 Å². The van der Waals surface area contributed by atoms with Crippen molar-refractivity contribution in [3.05, 3.63) is 53.9 Å². The molecule has 0 aliphatic heterocycles. The van der Waals surface area contributed by atoms with Gasteiger partial charge in [-0.15, -0.1) is 0 Å². The average Bonchev–Trinajstić information content (AvgIpc) is 2.98. The minimum atomic E-state index is -0.301. The molecule has 0 saturated carbocycles. The van der Waals surface area contributed by atoms with Crippen molar-refractivity contribution in [2.24, 2.45) is 0 Å². The lowest BCUT2D eigenvalue weighted by atomic mass is 10.1. The monoisotopic (exact) mass is 567 g/mol. The molecule has 0 unspecified atom stereocenters. The number of nitrogens with zero attached hydrogens (tertiary/aromatic N) is 2. The number of hydrogen-bond acceptors (Lipinski definition) is 4. The van der Waals surface area contributed by atoms with E-state index in [9.17, 15) is 9.59 Å². The number of amides is 2. The largest absolute Gasteiger partial charge is 0.493 e. The highest BCUT2D eigenvalue weighted by atomic mass is 16.5. The van der Waals surface area contributed by atoms with Crippen molar-refractivity contribution in [1.82, 2.24) is 4.90 Å². The Morgan fingerprint density at radius 1 is 0.780 bits per heavy atom. The second-order valence-corrected chi connectivity index (χ2v) is 11.1. The summed E-state index contributed by atoms with van der Waals surface area (Å²) in [5.41, 5.74) is 1.65. The first-order valence-corrected chi connectivity index (χ1v) is 16.1. The summed E-state index contributed by atoms with van der Waals surface area (Å²) < 4.78 is 13.8. The first-order chi connectivity index (χ1) is 20.0. The third-order valence-electron chi connectivity index (χ3n) is 7.61. The van der Waals surface area contributed by atoms with Crippen molar-refractivity contribution >= 4 is 11.8 Å². The summed E-state index contributed by atoms with van der Waals surface area (Å²) in [7, 11) is 1.60. The van der Waals surface area contributed by atoms with Crippen molar-refractivity contribution in [3.8, 4) is 11.5 Å². The Labute approximate surface area is 249 Å². The van der Waals surface area contributed by atoms with Crippen LogP contribution in [0.15, 0.2) is 42.6 Å². The van der Waals surface area contributed by atoms with E-state index in [1.807, 2.05) is 12.1 Å². The van der Waals surface area contributed by atoms with Crippen molar-refractivity contribution in [3.63, 3.8) is 0 Å². The molecule has 2 rings (SSSR count). The molecule has 0 aliphatic rings. The highest BCUT2D eigenvalue weighted by Gasteiger charge is 2.22. The predicted molar refractivity (Wildman–Crippen MR) is 167 cm³/mol. The topological polar surface area (TPSA) is 59.7 Å². The van der Waals surface area contributed by atoms with Gasteiger partial charge in [-0.05, 0) is 31.0 Å². The fourth-order valence-electron chi connectivity index (χ4n) is 5.22. The molecule has 0 aliphatic carbocycles. The number of ether oxygens (including phenoxy) is 2. The molecule has 0 atom stereocenters. The number of imide groups is 1. The van der Waals surface area contributed by atoms with Crippen molar-refractivity contribution in [2.75, 3.05) is 20.3 Å². The summed E-state index contributed by atoms with van der Waals surface area (Å²) in [6, 6.07) is 11.3. The van der Waals surface area contributed by atoms with Crippen molar-refractivity contribution < 1.29 is 23.6 Å². The average molecular weight is 568 g/mol. The van der Waals surface area contributed by atoms with Crippen LogP contribution in [0.1, 0.15) is 127 Å². The van der Waals surface area contributed by atoms with Crippen LogP contribution in [0.25, 0.3) is 0 Å². The van der Waals surface area contributed by atoms with Crippen LogP contribution in [0, 0.1) is 0 Å². The fourth-order valence-corrected chi connectivity index (χ4v) is 5.22. The van der Waals surface area contributed by atoms with Gasteiger partial charge in [-0.2, -0.15) is 0 Å². The smallest absolute Gasteiger partial charge is 0.260 e. The van der Waals surface area contributed by atoms with Crippen LogP contribution in [-0.4, -0.2) is 37.0 Å². The normalized spacial score (nSPS) is 10.9. The van der Waals surface area contributed by atoms with Gasteiger partial charge in [0.05, 0.1) is 13.7 Å². The number of unbranched alkanes of at least 4 members (excludes halogenated alkanes) is 11. The molecule has 1 heterocycles. The lowest BCUT2D eigenvalue weighted by molar-refractivity contribution is -0.704. The number of aryl methyl sites for hydroxylation is 2. The summed E-state index contributed by atoms with van der Waals surface area (Å²) >= 11 is 0. The molecule has 228 valence electrons. The molecule has 0 spiro atoms. The second-order valence-electron chi connectivity index (χ2n) is 11.1. The Hall–Kier alpha value is -2.89. The van der Waals surface area contributed by atoms with Gasteiger partial charge in [0.25, 0.3) is 5.91 Å². The standard InChI is InChI=1S/C35H55N2O4/c1-5-7-8-9-10-11-12-13-14-15-16-19-28-41-34-29-31(23-24-33(34)40-4)35(39)37(30(3)38)27-20-22-32-21-17-18-26-36(32)25-6-2/h17-18,21,23-24,26,29H,5-16,19-20,22,25,27-28H2,1-4H3/q+1. The number of aromatic nitrogens is 1. The molecule has 1 aromatic carbocycles. The molecule has 0 radical (unpaired) electrons. The number of benzene rings is 1. The summed E-state index contributed by atoms with van der Waals surface area (Å²) in [6.45, 7) is 7.78. The molecule has 0 N–H and O–H groups in total. The number of carbonyl (C=O) groups excluding carboxylic acids is 2. The summed E-state index contributed by atoms with van der Waals surface area (Å²) in [4.78, 5) is 27.1. The van der Waals surface area contributed by atoms with E-state index in [0.29, 0.717) is 36.6 Å². The maximum atomic E-state index is 13.3. The zero-order valence-corrected chi connectivity index (χ0v) is 26.3. The molecule has 1 aromatic heterocycles. The van der Waals surface area contributed by atoms with Crippen LogP contribution in [-0.2, 0) is 17.8 Å².